The zero-order chi connectivity index (χ0) is 17.0. The van der Waals surface area contributed by atoms with Crippen LogP contribution in [0, 0.1) is 23.7 Å². The van der Waals surface area contributed by atoms with Crippen molar-refractivity contribution in [2.45, 2.75) is 32.1 Å². The summed E-state index contributed by atoms with van der Waals surface area (Å²) in [5.41, 5.74) is 0. The van der Waals surface area contributed by atoms with Gasteiger partial charge in [-0.2, -0.15) is 0 Å². The number of ketones is 4. The zero-order valence-corrected chi connectivity index (χ0v) is 13.7. The summed E-state index contributed by atoms with van der Waals surface area (Å²) in [6.45, 7) is 0.758. The number of hydrogen-bond acceptors (Lipinski definition) is 6. The van der Waals surface area contributed by atoms with Crippen LogP contribution in [0.2, 0.25) is 0 Å². The van der Waals surface area contributed by atoms with Crippen molar-refractivity contribution in [3.63, 3.8) is 0 Å². The number of carbonyl (C=O) groups is 4. The van der Waals surface area contributed by atoms with E-state index in [2.05, 4.69) is 0 Å². The minimum Gasteiger partial charge on any atom is -0.384 e. The third-order valence-electron chi connectivity index (χ3n) is 4.79. The van der Waals surface area contributed by atoms with Crippen molar-refractivity contribution in [1.29, 1.82) is 0 Å². The van der Waals surface area contributed by atoms with Crippen LogP contribution < -0.4 is 0 Å². The van der Waals surface area contributed by atoms with Crippen LogP contribution in [0.15, 0.2) is 0 Å². The molecule has 6 heteroatoms. The SMILES string of the molecule is COCC1CC(=O)C(CC2C(=O)CC(COC)CC2=O)C(=O)C1. The molecular formula is C17H24O6. The van der Waals surface area contributed by atoms with E-state index < -0.39 is 11.8 Å². The Kier molecular flexibility index (Phi) is 6.18. The molecule has 0 saturated heterocycles. The number of ether oxygens (including phenoxy) is 2. The monoisotopic (exact) mass is 324 g/mol. The molecule has 0 aromatic rings. The van der Waals surface area contributed by atoms with Gasteiger partial charge in [-0.3, -0.25) is 19.2 Å². The van der Waals surface area contributed by atoms with E-state index >= 15 is 0 Å². The van der Waals surface area contributed by atoms with E-state index in [4.69, 9.17) is 9.47 Å². The summed E-state index contributed by atoms with van der Waals surface area (Å²) < 4.78 is 10.0. The zero-order valence-electron chi connectivity index (χ0n) is 13.7. The van der Waals surface area contributed by atoms with Gasteiger partial charge in [-0.05, 0) is 18.3 Å². The van der Waals surface area contributed by atoms with Crippen LogP contribution in [0.4, 0.5) is 0 Å². The smallest absolute Gasteiger partial charge is 0.143 e. The molecule has 0 aromatic heterocycles. The molecule has 0 aliphatic heterocycles. The fourth-order valence-electron chi connectivity index (χ4n) is 3.68. The molecule has 0 spiro atoms. The van der Waals surface area contributed by atoms with E-state index in [0.717, 1.165) is 0 Å². The van der Waals surface area contributed by atoms with Crippen LogP contribution in [0.3, 0.4) is 0 Å². The first-order valence-corrected chi connectivity index (χ1v) is 8.05. The largest absolute Gasteiger partial charge is 0.384 e. The quantitative estimate of drug-likeness (QED) is 0.677. The number of Topliss-reactive ketones (excluding diaryl/α,β-unsaturated/α-hetero) is 4. The summed E-state index contributed by atoms with van der Waals surface area (Å²) in [5, 5.41) is 0. The molecule has 0 aromatic carbocycles. The normalized spacial score (nSPS) is 32.4. The average Bonchev–Trinajstić information content (AvgIpc) is 2.45. The van der Waals surface area contributed by atoms with Crippen molar-refractivity contribution in [3.05, 3.63) is 0 Å². The first kappa shape index (κ1) is 17.9. The predicted molar refractivity (Wildman–Crippen MR) is 80.8 cm³/mol. The van der Waals surface area contributed by atoms with Gasteiger partial charge < -0.3 is 9.47 Å². The van der Waals surface area contributed by atoms with Crippen LogP contribution in [0.5, 0.6) is 0 Å². The van der Waals surface area contributed by atoms with E-state index in [1.165, 1.54) is 14.2 Å². The first-order chi connectivity index (χ1) is 11.0. The summed E-state index contributed by atoms with van der Waals surface area (Å²) in [6.07, 6.45) is 1.18. The number of rotatable bonds is 6. The molecule has 2 rings (SSSR count). The van der Waals surface area contributed by atoms with Gasteiger partial charge in [-0.1, -0.05) is 0 Å². The Morgan fingerprint density at radius 3 is 1.26 bits per heavy atom. The van der Waals surface area contributed by atoms with E-state index in [1.807, 2.05) is 0 Å². The molecule has 2 fully saturated rings. The molecule has 6 nitrogen and oxygen atoms in total. The predicted octanol–water partition coefficient (Wildman–Crippen LogP) is 0.998. The van der Waals surface area contributed by atoms with Crippen LogP contribution in [-0.2, 0) is 28.7 Å². The Hall–Kier alpha value is -1.40. The minimum atomic E-state index is -0.806. The first-order valence-electron chi connectivity index (χ1n) is 8.05. The Bertz CT molecular complexity index is 417. The van der Waals surface area contributed by atoms with Crippen molar-refractivity contribution in [2.75, 3.05) is 27.4 Å². The summed E-state index contributed by atoms with van der Waals surface area (Å²) in [4.78, 5) is 48.9. The summed E-state index contributed by atoms with van der Waals surface area (Å²) in [7, 11) is 3.08. The van der Waals surface area contributed by atoms with Gasteiger partial charge in [0.15, 0.2) is 0 Å². The number of hydrogen-bond donors (Lipinski definition) is 0. The molecule has 0 radical (unpaired) electrons. The molecule has 0 unspecified atom stereocenters. The molecule has 2 aliphatic carbocycles. The molecule has 2 saturated carbocycles. The van der Waals surface area contributed by atoms with Gasteiger partial charge in [0.1, 0.15) is 23.1 Å². The maximum absolute atomic E-state index is 12.2. The molecule has 0 amide bonds. The lowest BCUT2D eigenvalue weighted by Crippen LogP contribution is -2.41. The molecular weight excluding hydrogens is 300 g/mol. The van der Waals surface area contributed by atoms with E-state index in [1.54, 1.807) is 0 Å². The topological polar surface area (TPSA) is 86.7 Å². The van der Waals surface area contributed by atoms with Crippen LogP contribution in [0.1, 0.15) is 32.1 Å². The summed E-state index contributed by atoms with van der Waals surface area (Å²) in [6, 6.07) is 0. The molecule has 0 N–H and O–H groups in total. The highest BCUT2D eigenvalue weighted by atomic mass is 16.5. The second-order valence-corrected chi connectivity index (χ2v) is 6.67. The van der Waals surface area contributed by atoms with Gasteiger partial charge in [-0.15, -0.1) is 0 Å². The molecule has 0 heterocycles. The van der Waals surface area contributed by atoms with Crippen molar-refractivity contribution < 1.29 is 28.7 Å². The van der Waals surface area contributed by atoms with Gasteiger partial charge in [0.25, 0.3) is 0 Å². The lowest BCUT2D eigenvalue weighted by molar-refractivity contribution is -0.142. The highest BCUT2D eigenvalue weighted by Gasteiger charge is 2.42. The summed E-state index contributed by atoms with van der Waals surface area (Å²) >= 11 is 0. The highest BCUT2D eigenvalue weighted by molar-refractivity contribution is 6.08. The van der Waals surface area contributed by atoms with Crippen molar-refractivity contribution in [3.8, 4) is 0 Å². The lowest BCUT2D eigenvalue weighted by atomic mass is 9.71. The Labute approximate surface area is 135 Å². The van der Waals surface area contributed by atoms with Gasteiger partial charge in [0, 0.05) is 53.1 Å². The van der Waals surface area contributed by atoms with Gasteiger partial charge in [-0.25, -0.2) is 0 Å². The van der Waals surface area contributed by atoms with Gasteiger partial charge in [0.05, 0.1) is 11.8 Å². The third-order valence-corrected chi connectivity index (χ3v) is 4.79. The minimum absolute atomic E-state index is 0.0503. The van der Waals surface area contributed by atoms with Gasteiger partial charge >= 0.3 is 0 Å². The standard InChI is InChI=1S/C17H24O6/c1-22-8-10-3-14(18)12(15(19)4-10)7-13-16(20)5-11(9-23-2)6-17(13)21/h10-13H,3-9H2,1-2H3. The molecule has 128 valence electrons. The lowest BCUT2D eigenvalue weighted by Gasteiger charge is -2.30. The fourth-order valence-corrected chi connectivity index (χ4v) is 3.68. The van der Waals surface area contributed by atoms with Crippen LogP contribution >= 0.6 is 0 Å². The van der Waals surface area contributed by atoms with Crippen molar-refractivity contribution in [2.24, 2.45) is 23.7 Å². The molecule has 2 aliphatic rings. The van der Waals surface area contributed by atoms with E-state index in [9.17, 15) is 19.2 Å². The van der Waals surface area contributed by atoms with Crippen LogP contribution in [-0.4, -0.2) is 50.6 Å². The van der Waals surface area contributed by atoms with Crippen molar-refractivity contribution in [1.82, 2.24) is 0 Å². The van der Waals surface area contributed by atoms with E-state index in [-0.39, 0.29) is 67.1 Å². The molecule has 0 bridgehead atoms. The van der Waals surface area contributed by atoms with Gasteiger partial charge in [0.2, 0.25) is 0 Å². The maximum Gasteiger partial charge on any atom is 0.143 e. The Morgan fingerprint density at radius 1 is 0.696 bits per heavy atom. The second-order valence-electron chi connectivity index (χ2n) is 6.67. The fraction of sp³-hybridized carbons (Fsp3) is 0.765. The Morgan fingerprint density at radius 2 is 1.00 bits per heavy atom. The van der Waals surface area contributed by atoms with E-state index in [0.29, 0.717) is 13.2 Å². The maximum atomic E-state index is 12.2. The third kappa shape index (κ3) is 4.32. The molecule has 0 atom stereocenters. The highest BCUT2D eigenvalue weighted by Crippen LogP contribution is 2.32. The second kappa shape index (κ2) is 7.93. The number of carbonyl (C=O) groups excluding carboxylic acids is 4. The van der Waals surface area contributed by atoms with Crippen molar-refractivity contribution >= 4 is 23.1 Å². The van der Waals surface area contributed by atoms with Crippen LogP contribution in [0.25, 0.3) is 0 Å². The Balaban J connectivity index is 1.99. The average molecular weight is 324 g/mol. The number of methoxy groups -OCH3 is 2. The summed E-state index contributed by atoms with van der Waals surface area (Å²) in [5.74, 6) is -2.43. The molecule has 23 heavy (non-hydrogen) atoms.